The Labute approximate surface area is 192 Å². The van der Waals surface area contributed by atoms with Crippen LogP contribution in [-0.2, 0) is 23.7 Å². The van der Waals surface area contributed by atoms with Crippen molar-refractivity contribution in [2.75, 3.05) is 19.8 Å². The van der Waals surface area contributed by atoms with E-state index in [1.807, 2.05) is 0 Å². The lowest BCUT2D eigenvalue weighted by atomic mass is 9.97. The van der Waals surface area contributed by atoms with Crippen molar-refractivity contribution in [1.82, 2.24) is 0 Å². The molecule has 0 saturated carbocycles. The highest BCUT2D eigenvalue weighted by molar-refractivity contribution is 4.94. The number of rotatable bonds is 7. The Morgan fingerprint density at radius 1 is 0.500 bits per heavy atom. The second kappa shape index (κ2) is 11.6. The quantitative estimate of drug-likeness (QED) is 0.154. The van der Waals surface area contributed by atoms with Gasteiger partial charge in [0.25, 0.3) is 0 Å². The smallest absolute Gasteiger partial charge is 0.187 e. The van der Waals surface area contributed by atoms with Gasteiger partial charge in [-0.2, -0.15) is 0 Å². The van der Waals surface area contributed by atoms with Crippen LogP contribution in [0.15, 0.2) is 0 Å². The van der Waals surface area contributed by atoms with Gasteiger partial charge in [0.15, 0.2) is 18.9 Å². The van der Waals surface area contributed by atoms with Crippen molar-refractivity contribution in [3.8, 4) is 0 Å². The fourth-order valence-electron chi connectivity index (χ4n) is 3.95. The molecule has 0 aliphatic carbocycles. The van der Waals surface area contributed by atoms with Gasteiger partial charge in [-0.1, -0.05) is 0 Å². The summed E-state index contributed by atoms with van der Waals surface area (Å²) < 4.78 is 26.3. The summed E-state index contributed by atoms with van der Waals surface area (Å²) in [4.78, 5) is 0. The predicted molar refractivity (Wildman–Crippen MR) is 101 cm³/mol. The van der Waals surface area contributed by atoms with E-state index in [-0.39, 0.29) is 0 Å². The van der Waals surface area contributed by atoms with Crippen molar-refractivity contribution in [2.24, 2.45) is 0 Å². The van der Waals surface area contributed by atoms with Crippen LogP contribution in [-0.4, -0.2) is 168 Å². The van der Waals surface area contributed by atoms with Crippen LogP contribution in [0.4, 0.5) is 0 Å². The van der Waals surface area contributed by atoms with Crippen molar-refractivity contribution in [3.05, 3.63) is 0 Å². The maximum atomic E-state index is 10.3. The molecule has 0 amide bonds. The molecule has 16 nitrogen and oxygen atoms in total. The predicted octanol–water partition coefficient (Wildman–Crippen LogP) is -7.57. The van der Waals surface area contributed by atoms with Crippen molar-refractivity contribution >= 4 is 0 Å². The molecule has 0 spiro atoms. The summed E-state index contributed by atoms with van der Waals surface area (Å²) in [6.45, 7) is -2.07. The van der Waals surface area contributed by atoms with Crippen LogP contribution >= 0.6 is 0 Å². The van der Waals surface area contributed by atoms with E-state index in [1.165, 1.54) is 0 Å². The first kappa shape index (κ1) is 27.9. The minimum absolute atomic E-state index is 0.609. The summed E-state index contributed by atoms with van der Waals surface area (Å²) in [6.07, 6.45) is -24.9. The lowest BCUT2D eigenvalue weighted by Crippen LogP contribution is -2.65. The fourth-order valence-corrected chi connectivity index (χ4v) is 3.95. The van der Waals surface area contributed by atoms with Gasteiger partial charge in [-0.05, 0) is 0 Å². The number of hydrogen-bond donors (Lipinski definition) is 11. The summed E-state index contributed by atoms with van der Waals surface area (Å²) in [5.41, 5.74) is 0. The lowest BCUT2D eigenvalue weighted by Gasteiger charge is -2.45. The van der Waals surface area contributed by atoms with Crippen LogP contribution in [0, 0.1) is 0 Å². The van der Waals surface area contributed by atoms with Gasteiger partial charge in [-0.25, -0.2) is 0 Å². The first-order valence-electron chi connectivity index (χ1n) is 10.6. The monoisotopic (exact) mass is 504 g/mol. The highest BCUT2D eigenvalue weighted by atomic mass is 16.7. The third-order valence-electron chi connectivity index (χ3n) is 6.07. The molecule has 11 N–H and O–H groups in total. The average Bonchev–Trinajstić information content (AvgIpc) is 2.82. The van der Waals surface area contributed by atoms with E-state index in [4.69, 9.17) is 23.7 Å². The second-order valence-corrected chi connectivity index (χ2v) is 8.37. The van der Waals surface area contributed by atoms with Crippen LogP contribution in [0.1, 0.15) is 0 Å². The molecule has 3 fully saturated rings. The topological polar surface area (TPSA) is 269 Å². The normalized spacial score (nSPS) is 52.5. The van der Waals surface area contributed by atoms with E-state index in [1.54, 1.807) is 0 Å². The standard InChI is InChI=1S/C18H32O16/c19-1-4-7(21)9(23)13(27)17(32-4)30-3-6-8(22)10(24)14(28)18(33-6)34-15-5(2-20)31-16(29)12(26)11(15)25/h4-29H,1-3H2/t4-,5+,6-,7-,8+,9+,10+,11-,12+,13-,14-,15-,16+,17-,18-/m0/s1. The van der Waals surface area contributed by atoms with Crippen molar-refractivity contribution in [1.29, 1.82) is 0 Å². The highest BCUT2D eigenvalue weighted by Crippen LogP contribution is 2.29. The average molecular weight is 504 g/mol. The number of aliphatic hydroxyl groups is 11. The van der Waals surface area contributed by atoms with Gasteiger partial charge in [0.2, 0.25) is 0 Å². The molecule has 0 bridgehead atoms. The Morgan fingerprint density at radius 2 is 1.03 bits per heavy atom. The molecule has 3 heterocycles. The molecular weight excluding hydrogens is 472 g/mol. The van der Waals surface area contributed by atoms with Gasteiger partial charge in [0.1, 0.15) is 73.2 Å². The summed E-state index contributed by atoms with van der Waals surface area (Å²) in [5.74, 6) is 0. The number of aliphatic hydroxyl groups excluding tert-OH is 11. The maximum absolute atomic E-state index is 10.3. The Morgan fingerprint density at radius 3 is 1.62 bits per heavy atom. The van der Waals surface area contributed by atoms with E-state index < -0.39 is 112 Å². The molecule has 15 atom stereocenters. The van der Waals surface area contributed by atoms with Gasteiger partial charge < -0.3 is 79.9 Å². The Kier molecular flexibility index (Phi) is 9.54. The van der Waals surface area contributed by atoms with Gasteiger partial charge in [-0.15, -0.1) is 0 Å². The molecule has 34 heavy (non-hydrogen) atoms. The third kappa shape index (κ3) is 5.52. The molecule has 3 aliphatic rings. The molecule has 3 saturated heterocycles. The maximum Gasteiger partial charge on any atom is 0.187 e. The molecule has 200 valence electrons. The minimum Gasteiger partial charge on any atom is -0.394 e. The molecule has 3 aliphatic heterocycles. The fraction of sp³-hybridized carbons (Fsp3) is 1.00. The van der Waals surface area contributed by atoms with Crippen LogP contribution in [0.5, 0.6) is 0 Å². The zero-order chi connectivity index (χ0) is 25.3. The molecule has 0 aromatic heterocycles. The third-order valence-corrected chi connectivity index (χ3v) is 6.07. The van der Waals surface area contributed by atoms with E-state index >= 15 is 0 Å². The van der Waals surface area contributed by atoms with E-state index in [2.05, 4.69) is 0 Å². The van der Waals surface area contributed by atoms with Crippen molar-refractivity contribution < 1.29 is 79.9 Å². The minimum atomic E-state index is -1.87. The summed E-state index contributed by atoms with van der Waals surface area (Å²) in [7, 11) is 0. The van der Waals surface area contributed by atoms with Gasteiger partial charge in [0, 0.05) is 0 Å². The van der Waals surface area contributed by atoms with Crippen molar-refractivity contribution in [2.45, 2.75) is 92.1 Å². The number of hydrogen-bond acceptors (Lipinski definition) is 16. The Balaban J connectivity index is 1.66. The molecular formula is C18H32O16. The summed E-state index contributed by atoms with van der Waals surface area (Å²) in [5, 5.41) is 109. The van der Waals surface area contributed by atoms with Gasteiger partial charge in [0.05, 0.1) is 19.8 Å². The van der Waals surface area contributed by atoms with Gasteiger partial charge in [-0.3, -0.25) is 0 Å². The van der Waals surface area contributed by atoms with Crippen LogP contribution in [0.3, 0.4) is 0 Å². The first-order valence-corrected chi connectivity index (χ1v) is 10.6. The van der Waals surface area contributed by atoms with Gasteiger partial charge >= 0.3 is 0 Å². The molecule has 3 rings (SSSR count). The largest absolute Gasteiger partial charge is 0.394 e. The second-order valence-electron chi connectivity index (χ2n) is 8.37. The lowest BCUT2D eigenvalue weighted by molar-refractivity contribution is -0.362. The van der Waals surface area contributed by atoms with Crippen LogP contribution in [0.25, 0.3) is 0 Å². The van der Waals surface area contributed by atoms with Crippen LogP contribution < -0.4 is 0 Å². The van der Waals surface area contributed by atoms with E-state index in [9.17, 15) is 56.2 Å². The van der Waals surface area contributed by atoms with Crippen LogP contribution in [0.2, 0.25) is 0 Å². The van der Waals surface area contributed by atoms with E-state index in [0.717, 1.165) is 0 Å². The molecule has 0 radical (unpaired) electrons. The summed E-state index contributed by atoms with van der Waals surface area (Å²) >= 11 is 0. The van der Waals surface area contributed by atoms with Crippen molar-refractivity contribution in [3.63, 3.8) is 0 Å². The number of ether oxygens (including phenoxy) is 5. The SMILES string of the molecule is OC[C@@H]1O[C@H](OC[C@@H]2O[C@@H](O[C@@H]3[C@@H](O)[C@@H](O)[C@H](O)O[C@@H]3CO)[C@@H](O)[C@H](O)[C@@H]2O)[C@@H](O)[C@H](O)[C@H]1O. The molecule has 0 unspecified atom stereocenters. The molecule has 0 aromatic carbocycles. The van der Waals surface area contributed by atoms with E-state index in [0.29, 0.717) is 0 Å². The Hall–Kier alpha value is -0.640. The summed E-state index contributed by atoms with van der Waals surface area (Å²) in [6, 6.07) is 0. The first-order chi connectivity index (χ1) is 16.0. The zero-order valence-corrected chi connectivity index (χ0v) is 17.7. The Bertz CT molecular complexity index is 637. The molecule has 0 aromatic rings. The highest BCUT2D eigenvalue weighted by Gasteiger charge is 2.51. The molecule has 16 heteroatoms. The zero-order valence-electron chi connectivity index (χ0n) is 17.7.